The van der Waals surface area contributed by atoms with Gasteiger partial charge in [-0.1, -0.05) is 32.0 Å². The number of guanidine groups is 1. The normalized spacial score (nSPS) is 11.0. The van der Waals surface area contributed by atoms with Gasteiger partial charge in [0.15, 0.2) is 5.96 Å². The Morgan fingerprint density at radius 1 is 1.04 bits per heavy atom. The molecule has 0 atom stereocenters. The molecule has 0 spiro atoms. The number of ether oxygens (including phenoxy) is 1. The maximum Gasteiger partial charge on any atom is 0.251 e. The molecule has 7 heteroatoms. The van der Waals surface area contributed by atoms with E-state index in [2.05, 4.69) is 34.8 Å². The van der Waals surface area contributed by atoms with E-state index in [0.717, 1.165) is 45.1 Å². The Morgan fingerprint density at radius 2 is 1.65 bits per heavy atom. The SMILES string of the molecule is CN=C(NCCCNC(=O)c1ccccc1)NCCCOCC(C)C.I. The Bertz CT molecular complexity index is 510. The van der Waals surface area contributed by atoms with Crippen LogP contribution in [0.15, 0.2) is 35.3 Å². The van der Waals surface area contributed by atoms with E-state index in [0.29, 0.717) is 18.0 Å². The van der Waals surface area contributed by atoms with Crippen molar-refractivity contribution in [1.29, 1.82) is 0 Å². The molecule has 0 fully saturated rings. The predicted molar refractivity (Wildman–Crippen MR) is 118 cm³/mol. The zero-order valence-electron chi connectivity index (χ0n) is 16.1. The minimum Gasteiger partial charge on any atom is -0.381 e. The van der Waals surface area contributed by atoms with Crippen molar-refractivity contribution < 1.29 is 9.53 Å². The monoisotopic (exact) mass is 476 g/mol. The summed E-state index contributed by atoms with van der Waals surface area (Å²) >= 11 is 0. The van der Waals surface area contributed by atoms with Crippen LogP contribution in [0.1, 0.15) is 37.0 Å². The van der Waals surface area contributed by atoms with Crippen molar-refractivity contribution in [3.8, 4) is 0 Å². The van der Waals surface area contributed by atoms with Crippen molar-refractivity contribution in [2.75, 3.05) is 39.9 Å². The van der Waals surface area contributed by atoms with Gasteiger partial charge in [0.05, 0.1) is 0 Å². The van der Waals surface area contributed by atoms with Crippen LogP contribution >= 0.6 is 24.0 Å². The second-order valence-electron chi connectivity index (χ2n) is 6.22. The fourth-order valence-electron chi connectivity index (χ4n) is 2.11. The van der Waals surface area contributed by atoms with Gasteiger partial charge in [0.2, 0.25) is 0 Å². The maximum absolute atomic E-state index is 11.9. The van der Waals surface area contributed by atoms with Gasteiger partial charge in [-0.15, -0.1) is 24.0 Å². The molecular formula is C19H33IN4O2. The van der Waals surface area contributed by atoms with Crippen LogP contribution in [0.25, 0.3) is 0 Å². The molecule has 0 aliphatic rings. The zero-order chi connectivity index (χ0) is 18.3. The smallest absolute Gasteiger partial charge is 0.251 e. The number of carbonyl (C=O) groups excluding carboxylic acids is 1. The summed E-state index contributed by atoms with van der Waals surface area (Å²) in [6, 6.07) is 9.24. The predicted octanol–water partition coefficient (Wildman–Crippen LogP) is 2.65. The summed E-state index contributed by atoms with van der Waals surface area (Å²) in [5, 5.41) is 9.40. The number of hydrogen-bond donors (Lipinski definition) is 3. The number of carbonyl (C=O) groups is 1. The maximum atomic E-state index is 11.9. The Balaban J connectivity index is 0.00000625. The number of nitrogens with one attached hydrogen (secondary N) is 3. The summed E-state index contributed by atoms with van der Waals surface area (Å²) in [4.78, 5) is 16.1. The molecule has 0 saturated carbocycles. The van der Waals surface area contributed by atoms with Gasteiger partial charge in [-0.05, 0) is 30.9 Å². The second kappa shape index (κ2) is 15.9. The van der Waals surface area contributed by atoms with Crippen molar-refractivity contribution in [2.24, 2.45) is 10.9 Å². The fourth-order valence-corrected chi connectivity index (χ4v) is 2.11. The Morgan fingerprint density at radius 3 is 2.27 bits per heavy atom. The molecular weight excluding hydrogens is 443 g/mol. The van der Waals surface area contributed by atoms with E-state index in [1.54, 1.807) is 7.05 Å². The molecule has 0 heterocycles. The molecule has 0 aliphatic heterocycles. The van der Waals surface area contributed by atoms with Gasteiger partial charge in [-0.2, -0.15) is 0 Å². The first-order valence-corrected chi connectivity index (χ1v) is 8.99. The first-order chi connectivity index (χ1) is 12.1. The second-order valence-corrected chi connectivity index (χ2v) is 6.22. The molecule has 0 aliphatic carbocycles. The van der Waals surface area contributed by atoms with E-state index in [9.17, 15) is 4.79 Å². The number of rotatable bonds is 11. The molecule has 1 aromatic carbocycles. The van der Waals surface area contributed by atoms with Crippen LogP contribution in [0.3, 0.4) is 0 Å². The molecule has 3 N–H and O–H groups in total. The van der Waals surface area contributed by atoms with Gasteiger partial charge < -0.3 is 20.7 Å². The lowest BCUT2D eigenvalue weighted by atomic mass is 10.2. The molecule has 0 saturated heterocycles. The Kier molecular flexibility index (Phi) is 15.0. The standard InChI is InChI=1S/C19H32N4O2.HI/c1-16(2)15-25-14-8-13-23-19(20-3)22-12-7-11-21-18(24)17-9-5-4-6-10-17;/h4-6,9-10,16H,7-8,11-15H2,1-3H3,(H,21,24)(H2,20,22,23);1H. The Hall–Kier alpha value is -1.35. The third kappa shape index (κ3) is 12.1. The van der Waals surface area contributed by atoms with Gasteiger partial charge in [0.25, 0.3) is 5.91 Å². The molecule has 148 valence electrons. The van der Waals surface area contributed by atoms with Crippen LogP contribution in [-0.2, 0) is 4.74 Å². The average molecular weight is 476 g/mol. The summed E-state index contributed by atoms with van der Waals surface area (Å²) in [6.45, 7) is 8.05. The average Bonchev–Trinajstić information content (AvgIpc) is 2.62. The van der Waals surface area contributed by atoms with E-state index < -0.39 is 0 Å². The Labute approximate surface area is 174 Å². The lowest BCUT2D eigenvalue weighted by molar-refractivity contribution is 0.0953. The summed E-state index contributed by atoms with van der Waals surface area (Å²) < 4.78 is 5.54. The fraction of sp³-hybridized carbons (Fsp3) is 0.579. The van der Waals surface area contributed by atoms with Gasteiger partial charge in [-0.25, -0.2) is 0 Å². The highest BCUT2D eigenvalue weighted by Crippen LogP contribution is 1.97. The first kappa shape index (κ1) is 24.7. The third-order valence-corrected chi connectivity index (χ3v) is 3.40. The van der Waals surface area contributed by atoms with Crippen molar-refractivity contribution >= 4 is 35.8 Å². The van der Waals surface area contributed by atoms with Crippen molar-refractivity contribution in [1.82, 2.24) is 16.0 Å². The summed E-state index contributed by atoms with van der Waals surface area (Å²) in [6.07, 6.45) is 1.78. The number of halogens is 1. The van der Waals surface area contributed by atoms with Crippen LogP contribution in [0, 0.1) is 5.92 Å². The number of hydrogen-bond acceptors (Lipinski definition) is 3. The van der Waals surface area contributed by atoms with E-state index >= 15 is 0 Å². The zero-order valence-corrected chi connectivity index (χ0v) is 18.4. The number of aliphatic imine (C=N–C) groups is 1. The molecule has 1 amide bonds. The molecule has 6 nitrogen and oxygen atoms in total. The molecule has 1 rings (SSSR count). The minimum absolute atomic E-state index is 0. The van der Waals surface area contributed by atoms with Crippen LogP contribution < -0.4 is 16.0 Å². The van der Waals surface area contributed by atoms with E-state index in [4.69, 9.17) is 4.74 Å². The highest BCUT2D eigenvalue weighted by Gasteiger charge is 2.03. The number of benzene rings is 1. The summed E-state index contributed by atoms with van der Waals surface area (Å²) in [7, 11) is 1.75. The highest BCUT2D eigenvalue weighted by atomic mass is 127. The van der Waals surface area contributed by atoms with Crippen molar-refractivity contribution in [3.05, 3.63) is 35.9 Å². The molecule has 0 aromatic heterocycles. The molecule has 1 aromatic rings. The van der Waals surface area contributed by atoms with E-state index in [-0.39, 0.29) is 29.9 Å². The van der Waals surface area contributed by atoms with Gasteiger partial charge in [-0.3, -0.25) is 9.79 Å². The summed E-state index contributed by atoms with van der Waals surface area (Å²) in [5.74, 6) is 1.31. The molecule has 0 bridgehead atoms. The van der Waals surface area contributed by atoms with Gasteiger partial charge >= 0.3 is 0 Å². The van der Waals surface area contributed by atoms with E-state index in [1.807, 2.05) is 30.3 Å². The number of amides is 1. The lowest BCUT2D eigenvalue weighted by Crippen LogP contribution is -2.39. The van der Waals surface area contributed by atoms with Gasteiger partial charge in [0.1, 0.15) is 0 Å². The van der Waals surface area contributed by atoms with Gasteiger partial charge in [0, 0.05) is 45.5 Å². The minimum atomic E-state index is -0.0375. The third-order valence-electron chi connectivity index (χ3n) is 3.40. The first-order valence-electron chi connectivity index (χ1n) is 8.99. The largest absolute Gasteiger partial charge is 0.381 e. The molecule has 0 unspecified atom stereocenters. The van der Waals surface area contributed by atoms with Crippen LogP contribution in [0.2, 0.25) is 0 Å². The van der Waals surface area contributed by atoms with Crippen LogP contribution in [-0.4, -0.2) is 51.8 Å². The van der Waals surface area contributed by atoms with E-state index in [1.165, 1.54) is 0 Å². The van der Waals surface area contributed by atoms with Crippen molar-refractivity contribution in [2.45, 2.75) is 26.7 Å². The summed E-state index contributed by atoms with van der Waals surface area (Å²) in [5.41, 5.74) is 0.688. The number of nitrogens with zero attached hydrogens (tertiary/aromatic N) is 1. The molecule has 26 heavy (non-hydrogen) atoms. The molecule has 0 radical (unpaired) electrons. The van der Waals surface area contributed by atoms with Crippen molar-refractivity contribution in [3.63, 3.8) is 0 Å². The van der Waals surface area contributed by atoms with Crippen LogP contribution in [0.5, 0.6) is 0 Å². The highest BCUT2D eigenvalue weighted by molar-refractivity contribution is 14.0. The lowest BCUT2D eigenvalue weighted by Gasteiger charge is -2.12. The van der Waals surface area contributed by atoms with Crippen LogP contribution in [0.4, 0.5) is 0 Å². The topological polar surface area (TPSA) is 74.8 Å². The quantitative estimate of drug-likeness (QED) is 0.199.